The van der Waals surface area contributed by atoms with Gasteiger partial charge in [0.05, 0.1) is 40.8 Å². The SMILES string of the molecule is COCCn1c(Cc2cc(F)c(-c3cccc(OCc4cnn(-c5ccccc5)c4)n3)cc2F)nc2ccc(C(=O)O)cc21. The minimum Gasteiger partial charge on any atom is -0.478 e. The first-order valence-electron chi connectivity index (χ1n) is 13.8. The van der Waals surface area contributed by atoms with Crippen molar-refractivity contribution in [2.24, 2.45) is 0 Å². The number of nitrogens with zero attached hydrogens (tertiary/aromatic N) is 5. The molecule has 0 saturated carbocycles. The third-order valence-corrected chi connectivity index (χ3v) is 7.12. The van der Waals surface area contributed by atoms with Gasteiger partial charge >= 0.3 is 5.97 Å². The molecule has 3 aromatic heterocycles. The summed E-state index contributed by atoms with van der Waals surface area (Å²) in [5, 5.41) is 13.8. The van der Waals surface area contributed by atoms with E-state index in [4.69, 9.17) is 9.47 Å². The van der Waals surface area contributed by atoms with Crippen LogP contribution in [-0.2, 0) is 24.3 Å². The molecule has 6 aromatic rings. The first-order chi connectivity index (χ1) is 21.4. The normalized spacial score (nSPS) is 11.2. The molecule has 0 aliphatic rings. The summed E-state index contributed by atoms with van der Waals surface area (Å²) in [5.41, 5.74) is 3.27. The molecule has 222 valence electrons. The molecular formula is C33H27F2N5O4. The Labute approximate surface area is 251 Å². The number of rotatable bonds is 11. The number of carboxylic acid groups (broad SMARTS) is 1. The summed E-state index contributed by atoms with van der Waals surface area (Å²) in [4.78, 5) is 20.5. The van der Waals surface area contributed by atoms with Crippen LogP contribution in [0.15, 0.2) is 91.3 Å². The molecule has 9 nitrogen and oxygen atoms in total. The van der Waals surface area contributed by atoms with E-state index in [9.17, 15) is 9.90 Å². The lowest BCUT2D eigenvalue weighted by atomic mass is 10.0. The van der Waals surface area contributed by atoms with E-state index in [1.807, 2.05) is 36.5 Å². The lowest BCUT2D eigenvalue weighted by molar-refractivity contribution is 0.0697. The van der Waals surface area contributed by atoms with E-state index in [0.29, 0.717) is 30.0 Å². The number of hydrogen-bond donors (Lipinski definition) is 1. The molecule has 0 radical (unpaired) electrons. The van der Waals surface area contributed by atoms with Crippen molar-refractivity contribution >= 4 is 17.0 Å². The molecule has 0 unspecified atom stereocenters. The second kappa shape index (κ2) is 12.4. The molecule has 0 fully saturated rings. The fourth-order valence-corrected chi connectivity index (χ4v) is 4.92. The Bertz CT molecular complexity index is 1960. The van der Waals surface area contributed by atoms with Crippen LogP contribution in [0.3, 0.4) is 0 Å². The largest absolute Gasteiger partial charge is 0.478 e. The zero-order chi connectivity index (χ0) is 30.6. The van der Waals surface area contributed by atoms with Crippen molar-refractivity contribution in [3.8, 4) is 22.8 Å². The monoisotopic (exact) mass is 595 g/mol. The van der Waals surface area contributed by atoms with Crippen molar-refractivity contribution in [1.82, 2.24) is 24.3 Å². The van der Waals surface area contributed by atoms with Crippen molar-refractivity contribution in [3.63, 3.8) is 0 Å². The van der Waals surface area contributed by atoms with E-state index < -0.39 is 17.6 Å². The number of methoxy groups -OCH3 is 1. The second-order valence-corrected chi connectivity index (χ2v) is 10.1. The highest BCUT2D eigenvalue weighted by molar-refractivity contribution is 5.92. The van der Waals surface area contributed by atoms with Crippen LogP contribution < -0.4 is 4.74 Å². The number of benzene rings is 3. The zero-order valence-electron chi connectivity index (χ0n) is 23.7. The summed E-state index contributed by atoms with van der Waals surface area (Å²) in [6.45, 7) is 0.874. The molecule has 0 atom stereocenters. The number of halogens is 2. The van der Waals surface area contributed by atoms with Crippen LogP contribution >= 0.6 is 0 Å². The highest BCUT2D eigenvalue weighted by atomic mass is 19.1. The molecule has 0 saturated heterocycles. The molecule has 0 aliphatic heterocycles. The van der Waals surface area contributed by atoms with Crippen molar-refractivity contribution in [1.29, 1.82) is 0 Å². The fourth-order valence-electron chi connectivity index (χ4n) is 4.92. The first kappa shape index (κ1) is 28.7. The topological polar surface area (TPSA) is 104 Å². The molecule has 0 amide bonds. The minimum absolute atomic E-state index is 0.00687. The summed E-state index contributed by atoms with van der Waals surface area (Å²) < 4.78 is 45.4. The predicted molar refractivity (Wildman–Crippen MR) is 159 cm³/mol. The zero-order valence-corrected chi connectivity index (χ0v) is 23.7. The number of aromatic carboxylic acids is 1. The molecule has 1 N–H and O–H groups in total. The van der Waals surface area contributed by atoms with Crippen LogP contribution in [0.2, 0.25) is 0 Å². The Morgan fingerprint density at radius 2 is 1.80 bits per heavy atom. The third-order valence-electron chi connectivity index (χ3n) is 7.12. The van der Waals surface area contributed by atoms with Gasteiger partial charge in [-0.15, -0.1) is 0 Å². The van der Waals surface area contributed by atoms with Crippen LogP contribution in [0.25, 0.3) is 28.0 Å². The molecule has 0 bridgehead atoms. The Kier molecular flexibility index (Phi) is 8.11. The Morgan fingerprint density at radius 3 is 2.59 bits per heavy atom. The average Bonchev–Trinajstić information content (AvgIpc) is 3.65. The van der Waals surface area contributed by atoms with Gasteiger partial charge in [0.1, 0.15) is 24.1 Å². The summed E-state index contributed by atoms with van der Waals surface area (Å²) in [7, 11) is 1.54. The molecule has 44 heavy (non-hydrogen) atoms. The minimum atomic E-state index is -1.07. The average molecular weight is 596 g/mol. The second-order valence-electron chi connectivity index (χ2n) is 10.1. The van der Waals surface area contributed by atoms with E-state index in [-0.39, 0.29) is 41.3 Å². The number of fused-ring (bicyclic) bond motifs is 1. The summed E-state index contributed by atoms with van der Waals surface area (Å²) in [5.74, 6) is -1.64. The molecular weight excluding hydrogens is 568 g/mol. The van der Waals surface area contributed by atoms with Gasteiger partial charge in [-0.05, 0) is 54.1 Å². The Hall–Kier alpha value is -5.42. The number of carboxylic acids is 1. The summed E-state index contributed by atoms with van der Waals surface area (Å²) >= 11 is 0. The number of pyridine rings is 1. The van der Waals surface area contributed by atoms with Crippen LogP contribution in [0.1, 0.15) is 27.3 Å². The summed E-state index contributed by atoms with van der Waals surface area (Å²) in [6.07, 6.45) is 3.53. The van der Waals surface area contributed by atoms with Gasteiger partial charge in [0.15, 0.2) is 0 Å². The van der Waals surface area contributed by atoms with E-state index in [0.717, 1.165) is 23.4 Å². The van der Waals surface area contributed by atoms with Gasteiger partial charge in [-0.3, -0.25) is 0 Å². The van der Waals surface area contributed by atoms with E-state index >= 15 is 8.78 Å². The highest BCUT2D eigenvalue weighted by Gasteiger charge is 2.18. The number of carbonyl (C=O) groups is 1. The van der Waals surface area contributed by atoms with E-state index in [2.05, 4.69) is 15.1 Å². The van der Waals surface area contributed by atoms with Gasteiger partial charge in [-0.25, -0.2) is 28.2 Å². The molecule has 3 heterocycles. The number of hydrogen-bond acceptors (Lipinski definition) is 6. The van der Waals surface area contributed by atoms with Gasteiger partial charge in [-0.2, -0.15) is 5.10 Å². The molecule has 3 aromatic carbocycles. The number of imidazole rings is 1. The van der Waals surface area contributed by atoms with Gasteiger partial charge in [0.25, 0.3) is 0 Å². The molecule has 0 spiro atoms. The smallest absolute Gasteiger partial charge is 0.335 e. The predicted octanol–water partition coefficient (Wildman–Crippen LogP) is 6.08. The molecule has 0 aliphatic carbocycles. The van der Waals surface area contributed by atoms with Gasteiger partial charge in [0.2, 0.25) is 5.88 Å². The first-order valence-corrected chi connectivity index (χ1v) is 13.8. The maximum Gasteiger partial charge on any atom is 0.335 e. The Balaban J connectivity index is 1.22. The number of ether oxygens (including phenoxy) is 2. The van der Waals surface area contributed by atoms with Gasteiger partial charge in [0, 0.05) is 43.5 Å². The summed E-state index contributed by atoms with van der Waals surface area (Å²) in [6, 6.07) is 21.4. The molecule has 11 heteroatoms. The lowest BCUT2D eigenvalue weighted by Gasteiger charge is -2.12. The van der Waals surface area contributed by atoms with Crippen molar-refractivity contribution in [2.75, 3.05) is 13.7 Å². The van der Waals surface area contributed by atoms with Gasteiger partial charge in [-0.1, -0.05) is 24.3 Å². The standard InChI is InChI=1S/C33H27F2N5O4/c1-43-13-12-39-30-15-22(33(41)42)10-11-29(30)37-31(39)16-23-14-27(35)25(17-26(23)34)28-8-5-9-32(38-28)44-20-21-18-36-40(19-21)24-6-3-2-4-7-24/h2-11,14-15,17-19H,12-13,16,20H2,1H3,(H,41,42). The highest BCUT2D eigenvalue weighted by Crippen LogP contribution is 2.28. The Morgan fingerprint density at radius 1 is 0.955 bits per heavy atom. The fraction of sp³-hybridized carbons (Fsp3) is 0.152. The quantitative estimate of drug-likeness (QED) is 0.194. The van der Waals surface area contributed by atoms with Crippen molar-refractivity contribution < 1.29 is 28.2 Å². The number of aromatic nitrogens is 5. The van der Waals surface area contributed by atoms with Crippen LogP contribution in [0, 0.1) is 11.6 Å². The number of para-hydroxylation sites is 1. The van der Waals surface area contributed by atoms with Gasteiger partial charge < -0.3 is 19.1 Å². The van der Waals surface area contributed by atoms with Crippen molar-refractivity contribution in [2.45, 2.75) is 19.6 Å². The van der Waals surface area contributed by atoms with Crippen LogP contribution in [0.5, 0.6) is 5.88 Å². The van der Waals surface area contributed by atoms with Crippen molar-refractivity contribution in [3.05, 3.63) is 125 Å². The molecule has 6 rings (SSSR count). The van der Waals surface area contributed by atoms with E-state index in [1.54, 1.807) is 46.8 Å². The van der Waals surface area contributed by atoms with E-state index in [1.165, 1.54) is 12.1 Å². The maximum absolute atomic E-state index is 15.4. The third kappa shape index (κ3) is 6.04. The lowest BCUT2D eigenvalue weighted by Crippen LogP contribution is -2.10. The van der Waals surface area contributed by atoms with Crippen LogP contribution in [0.4, 0.5) is 8.78 Å². The maximum atomic E-state index is 15.4. The van der Waals surface area contributed by atoms with Crippen LogP contribution in [-0.4, -0.2) is 49.1 Å².